The SMILES string of the molecule is c1ccc2c(c1)CC(NC1=NCCCC1)C2. The summed E-state index contributed by atoms with van der Waals surface area (Å²) in [7, 11) is 0. The van der Waals surface area contributed by atoms with Crippen LogP contribution in [0.3, 0.4) is 0 Å². The van der Waals surface area contributed by atoms with E-state index in [4.69, 9.17) is 0 Å². The quantitative estimate of drug-likeness (QED) is 0.762. The maximum atomic E-state index is 4.56. The molecule has 0 spiro atoms. The Labute approximate surface area is 96.8 Å². The molecule has 2 nitrogen and oxygen atoms in total. The number of nitrogens with zero attached hydrogens (tertiary/aromatic N) is 1. The summed E-state index contributed by atoms with van der Waals surface area (Å²) in [5.41, 5.74) is 3.02. The number of amidine groups is 1. The zero-order valence-corrected chi connectivity index (χ0v) is 9.58. The van der Waals surface area contributed by atoms with Gasteiger partial charge in [-0.3, -0.25) is 4.99 Å². The van der Waals surface area contributed by atoms with Crippen molar-refractivity contribution in [2.24, 2.45) is 4.99 Å². The van der Waals surface area contributed by atoms with Crippen molar-refractivity contribution in [2.75, 3.05) is 6.54 Å². The van der Waals surface area contributed by atoms with Crippen LogP contribution < -0.4 is 5.32 Å². The summed E-state index contributed by atoms with van der Waals surface area (Å²) in [6, 6.07) is 9.35. The molecule has 1 aromatic rings. The molecule has 1 N–H and O–H groups in total. The van der Waals surface area contributed by atoms with E-state index in [0.717, 1.165) is 25.8 Å². The molecule has 0 atom stereocenters. The van der Waals surface area contributed by atoms with Gasteiger partial charge in [0, 0.05) is 19.0 Å². The van der Waals surface area contributed by atoms with Crippen LogP contribution in [0.25, 0.3) is 0 Å². The van der Waals surface area contributed by atoms with E-state index in [1.807, 2.05) is 0 Å². The second-order valence-corrected chi connectivity index (χ2v) is 4.80. The third-order valence-corrected chi connectivity index (χ3v) is 3.55. The topological polar surface area (TPSA) is 24.4 Å². The molecule has 0 amide bonds. The first kappa shape index (κ1) is 9.88. The average Bonchev–Trinajstić information content (AvgIpc) is 2.72. The van der Waals surface area contributed by atoms with Crippen LogP contribution in [0.15, 0.2) is 29.3 Å². The van der Waals surface area contributed by atoms with E-state index >= 15 is 0 Å². The van der Waals surface area contributed by atoms with E-state index in [0.29, 0.717) is 6.04 Å². The highest BCUT2D eigenvalue weighted by Gasteiger charge is 2.21. The molecule has 1 aromatic carbocycles. The molecule has 0 radical (unpaired) electrons. The predicted molar refractivity (Wildman–Crippen MR) is 66.9 cm³/mol. The van der Waals surface area contributed by atoms with Crippen molar-refractivity contribution in [2.45, 2.75) is 38.1 Å². The van der Waals surface area contributed by atoms with E-state index < -0.39 is 0 Å². The Balaban J connectivity index is 1.65. The molecule has 2 aliphatic rings. The smallest absolute Gasteiger partial charge is 0.0965 e. The highest BCUT2D eigenvalue weighted by Crippen LogP contribution is 2.22. The molecule has 0 unspecified atom stereocenters. The van der Waals surface area contributed by atoms with E-state index in [1.165, 1.54) is 29.8 Å². The van der Waals surface area contributed by atoms with Gasteiger partial charge in [0.05, 0.1) is 5.84 Å². The van der Waals surface area contributed by atoms with Gasteiger partial charge in [-0.25, -0.2) is 0 Å². The lowest BCUT2D eigenvalue weighted by molar-refractivity contribution is 0.613. The molecule has 84 valence electrons. The minimum Gasteiger partial charge on any atom is -0.370 e. The monoisotopic (exact) mass is 214 g/mol. The Bertz CT molecular complexity index is 384. The Morgan fingerprint density at radius 3 is 2.44 bits per heavy atom. The van der Waals surface area contributed by atoms with Crippen molar-refractivity contribution < 1.29 is 0 Å². The minimum absolute atomic E-state index is 0.578. The number of hydrogen-bond donors (Lipinski definition) is 1. The summed E-state index contributed by atoms with van der Waals surface area (Å²) >= 11 is 0. The molecular formula is C14H18N2. The lowest BCUT2D eigenvalue weighted by Gasteiger charge is -2.18. The van der Waals surface area contributed by atoms with Crippen LogP contribution >= 0.6 is 0 Å². The minimum atomic E-state index is 0.578. The van der Waals surface area contributed by atoms with Crippen LogP contribution in [0.1, 0.15) is 30.4 Å². The number of hydrogen-bond acceptors (Lipinski definition) is 2. The third-order valence-electron chi connectivity index (χ3n) is 3.55. The fourth-order valence-corrected chi connectivity index (χ4v) is 2.71. The lowest BCUT2D eigenvalue weighted by atomic mass is 10.1. The molecule has 1 aliphatic carbocycles. The molecule has 0 aromatic heterocycles. The maximum absolute atomic E-state index is 4.56. The number of aliphatic imine (C=N–C) groups is 1. The summed E-state index contributed by atoms with van der Waals surface area (Å²) in [4.78, 5) is 4.56. The van der Waals surface area contributed by atoms with E-state index in [1.54, 1.807) is 0 Å². The van der Waals surface area contributed by atoms with Gasteiger partial charge in [0.1, 0.15) is 0 Å². The van der Waals surface area contributed by atoms with Crippen LogP contribution in [-0.2, 0) is 12.8 Å². The zero-order valence-electron chi connectivity index (χ0n) is 9.58. The summed E-state index contributed by atoms with van der Waals surface area (Å²) in [5, 5.41) is 3.61. The van der Waals surface area contributed by atoms with Crippen LogP contribution in [0.5, 0.6) is 0 Å². The first-order valence-electron chi connectivity index (χ1n) is 6.28. The maximum Gasteiger partial charge on any atom is 0.0965 e. The number of fused-ring (bicyclic) bond motifs is 1. The number of nitrogens with one attached hydrogen (secondary N) is 1. The van der Waals surface area contributed by atoms with Crippen molar-refractivity contribution in [1.29, 1.82) is 0 Å². The van der Waals surface area contributed by atoms with Crippen LogP contribution in [-0.4, -0.2) is 18.4 Å². The van der Waals surface area contributed by atoms with Gasteiger partial charge in [0.25, 0.3) is 0 Å². The number of benzene rings is 1. The Morgan fingerprint density at radius 2 is 1.81 bits per heavy atom. The van der Waals surface area contributed by atoms with Gasteiger partial charge < -0.3 is 5.32 Å². The molecule has 2 heteroatoms. The van der Waals surface area contributed by atoms with Crippen molar-refractivity contribution in [1.82, 2.24) is 5.32 Å². The second kappa shape index (κ2) is 4.28. The predicted octanol–water partition coefficient (Wildman–Crippen LogP) is 2.33. The molecule has 0 saturated heterocycles. The Hall–Kier alpha value is -1.31. The van der Waals surface area contributed by atoms with Gasteiger partial charge in [-0.15, -0.1) is 0 Å². The largest absolute Gasteiger partial charge is 0.370 e. The molecule has 1 heterocycles. The highest BCUT2D eigenvalue weighted by atomic mass is 15.0. The molecule has 0 fully saturated rings. The van der Waals surface area contributed by atoms with Gasteiger partial charge in [0.2, 0.25) is 0 Å². The van der Waals surface area contributed by atoms with Crippen LogP contribution in [0.2, 0.25) is 0 Å². The first-order chi connectivity index (χ1) is 7.92. The van der Waals surface area contributed by atoms with Gasteiger partial charge in [-0.1, -0.05) is 24.3 Å². The van der Waals surface area contributed by atoms with Gasteiger partial charge in [-0.05, 0) is 36.8 Å². The summed E-state index contributed by atoms with van der Waals surface area (Å²) in [6.07, 6.45) is 6.03. The third kappa shape index (κ3) is 1.97. The highest BCUT2D eigenvalue weighted by molar-refractivity contribution is 5.83. The van der Waals surface area contributed by atoms with E-state index in [9.17, 15) is 0 Å². The van der Waals surface area contributed by atoms with Gasteiger partial charge in [-0.2, -0.15) is 0 Å². The first-order valence-corrected chi connectivity index (χ1v) is 6.28. The summed E-state index contributed by atoms with van der Waals surface area (Å²) < 4.78 is 0. The fourth-order valence-electron chi connectivity index (χ4n) is 2.71. The molecule has 1 aliphatic heterocycles. The lowest BCUT2D eigenvalue weighted by Crippen LogP contribution is -2.36. The summed E-state index contributed by atoms with van der Waals surface area (Å²) in [6.45, 7) is 1.02. The average molecular weight is 214 g/mol. The fraction of sp³-hybridized carbons (Fsp3) is 0.500. The normalized spacial score (nSPS) is 20.4. The molecule has 3 rings (SSSR count). The van der Waals surface area contributed by atoms with Crippen LogP contribution in [0, 0.1) is 0 Å². The van der Waals surface area contributed by atoms with E-state index in [-0.39, 0.29) is 0 Å². The van der Waals surface area contributed by atoms with Crippen molar-refractivity contribution in [3.05, 3.63) is 35.4 Å². The molecule has 0 bridgehead atoms. The Morgan fingerprint density at radius 1 is 1.06 bits per heavy atom. The standard InChI is InChI=1S/C14H18N2/c1-2-6-12-10-13(9-11(12)5-1)16-14-7-3-4-8-15-14/h1-2,5-6,13H,3-4,7-10H2,(H,15,16). The van der Waals surface area contributed by atoms with Crippen molar-refractivity contribution >= 4 is 5.84 Å². The second-order valence-electron chi connectivity index (χ2n) is 4.80. The Kier molecular flexibility index (Phi) is 2.65. The zero-order chi connectivity index (χ0) is 10.8. The molecule has 0 saturated carbocycles. The number of rotatable bonds is 1. The van der Waals surface area contributed by atoms with Crippen molar-refractivity contribution in [3.63, 3.8) is 0 Å². The van der Waals surface area contributed by atoms with E-state index in [2.05, 4.69) is 34.6 Å². The van der Waals surface area contributed by atoms with Crippen LogP contribution in [0.4, 0.5) is 0 Å². The summed E-state index contributed by atoms with van der Waals surface area (Å²) in [5.74, 6) is 1.24. The van der Waals surface area contributed by atoms with Crippen molar-refractivity contribution in [3.8, 4) is 0 Å². The van der Waals surface area contributed by atoms with Gasteiger partial charge in [0.15, 0.2) is 0 Å². The molecular weight excluding hydrogens is 196 g/mol. The van der Waals surface area contributed by atoms with Gasteiger partial charge >= 0.3 is 0 Å². The molecule has 16 heavy (non-hydrogen) atoms.